The van der Waals surface area contributed by atoms with Crippen molar-refractivity contribution < 1.29 is 42.6 Å². The smallest absolute Gasteiger partial charge is 0.343 e. The fourth-order valence-corrected chi connectivity index (χ4v) is 3.50. The second kappa shape index (κ2) is 13.9. The molecule has 0 aliphatic heterocycles. The van der Waals surface area contributed by atoms with Crippen LogP contribution >= 0.6 is 0 Å². The van der Waals surface area contributed by atoms with Gasteiger partial charge in [0.2, 0.25) is 11.4 Å². The van der Waals surface area contributed by atoms with Crippen LogP contribution in [0.25, 0.3) is 0 Å². The van der Waals surface area contributed by atoms with Gasteiger partial charge in [-0.2, -0.15) is 0 Å². The third kappa shape index (κ3) is 8.52. The Bertz CT molecular complexity index is 1090. The minimum absolute atomic E-state index is 0.00482. The Hall–Kier alpha value is -4.08. The zero-order chi connectivity index (χ0) is 27.4. The number of benzene rings is 2. The molecule has 0 saturated heterocycles. The molecule has 0 aliphatic carbocycles. The lowest BCUT2D eigenvalue weighted by atomic mass is 9.90. The maximum absolute atomic E-state index is 13.0. The largest absolute Gasteiger partial charge is 0.464 e. The lowest BCUT2D eigenvalue weighted by molar-refractivity contribution is -0.168. The molecule has 10 heteroatoms. The van der Waals surface area contributed by atoms with Gasteiger partial charge in [0.1, 0.15) is 5.82 Å². The molecule has 0 bridgehead atoms. The zero-order valence-corrected chi connectivity index (χ0v) is 21.0. The molecule has 0 unspecified atom stereocenters. The highest BCUT2D eigenvalue weighted by Crippen LogP contribution is 2.20. The van der Waals surface area contributed by atoms with Gasteiger partial charge < -0.3 is 19.5 Å². The minimum Gasteiger partial charge on any atom is -0.464 e. The van der Waals surface area contributed by atoms with Crippen molar-refractivity contribution in [2.24, 2.45) is 0 Å². The van der Waals surface area contributed by atoms with Crippen LogP contribution in [0.1, 0.15) is 48.7 Å². The fraction of sp³-hybridized carbons (Fsp3) is 0.370. The first-order valence-electron chi connectivity index (χ1n) is 11.8. The summed E-state index contributed by atoms with van der Waals surface area (Å²) in [5.41, 5.74) is -0.481. The third-order valence-corrected chi connectivity index (χ3v) is 5.33. The normalized spacial score (nSPS) is 10.8. The van der Waals surface area contributed by atoms with Crippen LogP contribution in [-0.4, -0.2) is 55.0 Å². The van der Waals surface area contributed by atoms with E-state index >= 15 is 0 Å². The van der Waals surface area contributed by atoms with Gasteiger partial charge in [0.25, 0.3) is 0 Å². The Morgan fingerprint density at radius 1 is 0.811 bits per heavy atom. The Labute approximate surface area is 214 Å². The highest BCUT2D eigenvalue weighted by molar-refractivity contribution is 6.07. The zero-order valence-electron chi connectivity index (χ0n) is 21.0. The first-order chi connectivity index (χ1) is 17.6. The summed E-state index contributed by atoms with van der Waals surface area (Å²) in [5.74, 6) is -3.90. The standard InChI is InChI=1S/C27H30FNO8/c1-4-35-25(33)27(29-18(3)30,26(34)36-5-2)15-14-19-6-10-21(11-7-19)23(31)17-37-24(32)16-20-8-12-22(28)13-9-20/h6-13H,4-5,14-17H2,1-3H3,(H,29,30). The number of hydrogen-bond acceptors (Lipinski definition) is 8. The molecule has 0 aromatic heterocycles. The van der Waals surface area contributed by atoms with E-state index in [0.29, 0.717) is 16.7 Å². The topological polar surface area (TPSA) is 125 Å². The molecule has 198 valence electrons. The maximum Gasteiger partial charge on any atom is 0.343 e. The molecule has 0 radical (unpaired) electrons. The number of nitrogens with one attached hydrogen (secondary N) is 1. The summed E-state index contributed by atoms with van der Waals surface area (Å²) < 4.78 is 28.1. The lowest BCUT2D eigenvalue weighted by Gasteiger charge is -2.29. The quantitative estimate of drug-likeness (QED) is 0.187. The van der Waals surface area contributed by atoms with Crippen molar-refractivity contribution in [3.8, 4) is 0 Å². The number of aryl methyl sites for hydroxylation is 1. The van der Waals surface area contributed by atoms with Crippen molar-refractivity contribution in [2.45, 2.75) is 45.6 Å². The third-order valence-electron chi connectivity index (χ3n) is 5.33. The van der Waals surface area contributed by atoms with E-state index in [4.69, 9.17) is 14.2 Å². The summed E-state index contributed by atoms with van der Waals surface area (Å²) in [6.45, 7) is 3.89. The van der Waals surface area contributed by atoms with Gasteiger partial charge in [-0.25, -0.2) is 14.0 Å². The van der Waals surface area contributed by atoms with Crippen molar-refractivity contribution in [3.05, 3.63) is 71.0 Å². The Morgan fingerprint density at radius 3 is 1.86 bits per heavy atom. The molecular weight excluding hydrogens is 485 g/mol. The number of amides is 1. The predicted octanol–water partition coefficient (Wildman–Crippen LogP) is 2.73. The van der Waals surface area contributed by atoms with E-state index in [-0.39, 0.29) is 32.5 Å². The van der Waals surface area contributed by atoms with Crippen LogP contribution in [0, 0.1) is 5.82 Å². The highest BCUT2D eigenvalue weighted by atomic mass is 19.1. The van der Waals surface area contributed by atoms with Crippen molar-refractivity contribution in [2.75, 3.05) is 19.8 Å². The molecular formula is C27H30FNO8. The van der Waals surface area contributed by atoms with Crippen LogP contribution in [0.4, 0.5) is 4.39 Å². The summed E-state index contributed by atoms with van der Waals surface area (Å²) in [5, 5.41) is 2.40. The molecule has 1 amide bonds. The van der Waals surface area contributed by atoms with E-state index < -0.39 is 47.6 Å². The molecule has 37 heavy (non-hydrogen) atoms. The van der Waals surface area contributed by atoms with Crippen LogP contribution in [0.2, 0.25) is 0 Å². The molecule has 0 heterocycles. The van der Waals surface area contributed by atoms with Gasteiger partial charge in [0, 0.05) is 12.5 Å². The van der Waals surface area contributed by atoms with E-state index in [1.165, 1.54) is 43.3 Å². The summed E-state index contributed by atoms with van der Waals surface area (Å²) >= 11 is 0. The van der Waals surface area contributed by atoms with Crippen molar-refractivity contribution in [3.63, 3.8) is 0 Å². The van der Waals surface area contributed by atoms with Gasteiger partial charge in [0.05, 0.1) is 19.6 Å². The summed E-state index contributed by atoms with van der Waals surface area (Å²) in [7, 11) is 0. The number of carbonyl (C=O) groups excluding carboxylic acids is 5. The Balaban J connectivity index is 2.03. The average molecular weight is 516 g/mol. The average Bonchev–Trinajstić information content (AvgIpc) is 2.86. The van der Waals surface area contributed by atoms with Crippen LogP contribution in [0.15, 0.2) is 48.5 Å². The highest BCUT2D eigenvalue weighted by Gasteiger charge is 2.49. The van der Waals surface area contributed by atoms with Crippen molar-refractivity contribution in [1.29, 1.82) is 0 Å². The SMILES string of the molecule is CCOC(=O)C(CCc1ccc(C(=O)COC(=O)Cc2ccc(F)cc2)cc1)(NC(C)=O)C(=O)OCC. The van der Waals surface area contributed by atoms with Crippen LogP contribution < -0.4 is 5.32 Å². The fourth-order valence-electron chi connectivity index (χ4n) is 3.50. The van der Waals surface area contributed by atoms with Gasteiger partial charge in [-0.05, 0) is 49.9 Å². The molecule has 0 saturated carbocycles. The first kappa shape index (κ1) is 29.2. The van der Waals surface area contributed by atoms with Gasteiger partial charge >= 0.3 is 17.9 Å². The number of hydrogen-bond donors (Lipinski definition) is 1. The minimum atomic E-state index is -2.01. The van der Waals surface area contributed by atoms with Gasteiger partial charge in [-0.3, -0.25) is 14.4 Å². The summed E-state index contributed by atoms with van der Waals surface area (Å²) in [4.78, 5) is 61.6. The Kier molecular flexibility index (Phi) is 10.9. The molecule has 2 aromatic carbocycles. The first-order valence-corrected chi connectivity index (χ1v) is 11.8. The summed E-state index contributed by atoms with van der Waals surface area (Å²) in [6, 6.07) is 11.7. The van der Waals surface area contributed by atoms with Crippen LogP contribution in [-0.2, 0) is 46.2 Å². The van der Waals surface area contributed by atoms with Gasteiger partial charge in [0.15, 0.2) is 12.4 Å². The van der Waals surface area contributed by atoms with E-state index in [1.807, 2.05) is 0 Å². The number of Topliss-reactive ketones (excluding diaryl/α,β-unsaturated/α-hetero) is 1. The molecule has 2 aromatic rings. The van der Waals surface area contributed by atoms with Crippen molar-refractivity contribution >= 4 is 29.6 Å². The predicted molar refractivity (Wildman–Crippen MR) is 130 cm³/mol. The molecule has 0 atom stereocenters. The number of ketones is 1. The van der Waals surface area contributed by atoms with E-state index in [0.717, 1.165) is 0 Å². The number of ether oxygens (including phenoxy) is 3. The van der Waals surface area contributed by atoms with Gasteiger partial charge in [-0.15, -0.1) is 0 Å². The molecule has 1 N–H and O–H groups in total. The monoisotopic (exact) mass is 515 g/mol. The second-order valence-electron chi connectivity index (χ2n) is 8.11. The maximum atomic E-state index is 13.0. The molecule has 0 aliphatic rings. The Morgan fingerprint density at radius 2 is 1.35 bits per heavy atom. The van der Waals surface area contributed by atoms with E-state index in [9.17, 15) is 28.4 Å². The lowest BCUT2D eigenvalue weighted by Crippen LogP contribution is -2.61. The number of halogens is 1. The molecule has 0 fully saturated rings. The van der Waals surface area contributed by atoms with Crippen molar-refractivity contribution in [1.82, 2.24) is 5.32 Å². The van der Waals surface area contributed by atoms with Crippen LogP contribution in [0.3, 0.4) is 0 Å². The number of carbonyl (C=O) groups is 5. The van der Waals surface area contributed by atoms with E-state index in [2.05, 4.69) is 5.32 Å². The number of esters is 3. The summed E-state index contributed by atoms with van der Waals surface area (Å²) in [6.07, 6.45) is -0.0406. The molecule has 9 nitrogen and oxygen atoms in total. The van der Waals surface area contributed by atoms with Gasteiger partial charge in [-0.1, -0.05) is 36.4 Å². The molecule has 0 spiro atoms. The number of rotatable bonds is 13. The van der Waals surface area contributed by atoms with Crippen LogP contribution in [0.5, 0.6) is 0 Å². The van der Waals surface area contributed by atoms with E-state index in [1.54, 1.807) is 26.0 Å². The molecule has 2 rings (SSSR count). The second-order valence-corrected chi connectivity index (χ2v) is 8.11.